The zero-order valence-electron chi connectivity index (χ0n) is 16.0. The third-order valence-electron chi connectivity index (χ3n) is 4.92. The largest absolute Gasteiger partial charge is 0.490 e. The number of para-hydroxylation sites is 1. The van der Waals surface area contributed by atoms with Crippen molar-refractivity contribution in [3.63, 3.8) is 0 Å². The number of rotatable bonds is 4. The molecule has 0 spiro atoms. The van der Waals surface area contributed by atoms with Crippen LogP contribution in [0.2, 0.25) is 0 Å². The van der Waals surface area contributed by atoms with Crippen LogP contribution in [0, 0.1) is 0 Å². The Morgan fingerprint density at radius 3 is 2.63 bits per heavy atom. The molecule has 0 saturated carbocycles. The first-order valence-electron chi connectivity index (χ1n) is 9.24. The van der Waals surface area contributed by atoms with Gasteiger partial charge in [-0.15, -0.1) is 5.10 Å². The van der Waals surface area contributed by atoms with E-state index >= 15 is 0 Å². The summed E-state index contributed by atoms with van der Waals surface area (Å²) in [5.41, 5.74) is 2.37. The van der Waals surface area contributed by atoms with Gasteiger partial charge in [0.05, 0.1) is 11.3 Å². The monoisotopic (exact) mass is 416 g/mol. The fraction of sp³-hybridized carbons (Fsp3) is 0.0909. The van der Waals surface area contributed by atoms with Crippen molar-refractivity contribution in [2.45, 2.75) is 0 Å². The van der Waals surface area contributed by atoms with Crippen LogP contribution < -0.4 is 19.7 Å². The SMILES string of the molecule is C=CCOc1ccc(-c2nc3sc(=C4C(=O)N(C)c5ccccc54)c(=O)n3n2)cc1. The van der Waals surface area contributed by atoms with Gasteiger partial charge in [0, 0.05) is 18.2 Å². The van der Waals surface area contributed by atoms with E-state index in [-0.39, 0.29) is 11.5 Å². The van der Waals surface area contributed by atoms with Crippen LogP contribution in [0.15, 0.2) is 66.0 Å². The van der Waals surface area contributed by atoms with Crippen molar-refractivity contribution in [3.8, 4) is 17.1 Å². The second kappa shape index (κ2) is 6.93. The number of likely N-dealkylation sites (N-methyl/N-ethyl adjacent to an activating group) is 1. The van der Waals surface area contributed by atoms with E-state index in [2.05, 4.69) is 16.7 Å². The van der Waals surface area contributed by atoms with Crippen molar-refractivity contribution in [1.29, 1.82) is 0 Å². The fourth-order valence-electron chi connectivity index (χ4n) is 3.45. The molecule has 1 aliphatic heterocycles. The minimum Gasteiger partial charge on any atom is -0.490 e. The second-order valence-electron chi connectivity index (χ2n) is 6.75. The van der Waals surface area contributed by atoms with Gasteiger partial charge in [0.25, 0.3) is 11.5 Å². The van der Waals surface area contributed by atoms with E-state index in [1.807, 2.05) is 48.5 Å². The van der Waals surface area contributed by atoms with Gasteiger partial charge in [-0.3, -0.25) is 9.59 Å². The summed E-state index contributed by atoms with van der Waals surface area (Å²) >= 11 is 1.18. The molecule has 5 rings (SSSR count). The van der Waals surface area contributed by atoms with Gasteiger partial charge in [-0.25, -0.2) is 0 Å². The first kappa shape index (κ1) is 18.3. The highest BCUT2D eigenvalue weighted by Gasteiger charge is 2.31. The minimum absolute atomic E-state index is 0.201. The maximum absolute atomic E-state index is 13.0. The first-order chi connectivity index (χ1) is 14.6. The smallest absolute Gasteiger partial charge is 0.291 e. The number of amides is 1. The molecule has 2 aromatic carbocycles. The van der Waals surface area contributed by atoms with Crippen LogP contribution in [0.4, 0.5) is 5.69 Å². The molecule has 0 atom stereocenters. The predicted octanol–water partition coefficient (Wildman–Crippen LogP) is 2.28. The Labute approximate surface area is 175 Å². The topological polar surface area (TPSA) is 76.8 Å². The molecule has 2 aromatic heterocycles. The molecule has 0 aliphatic carbocycles. The Hall–Kier alpha value is -3.78. The van der Waals surface area contributed by atoms with Gasteiger partial charge in [0.15, 0.2) is 5.82 Å². The van der Waals surface area contributed by atoms with E-state index in [1.165, 1.54) is 15.9 Å². The highest BCUT2D eigenvalue weighted by molar-refractivity contribution is 7.15. The van der Waals surface area contributed by atoms with Gasteiger partial charge in [-0.1, -0.05) is 42.2 Å². The highest BCUT2D eigenvalue weighted by atomic mass is 32.1. The minimum atomic E-state index is -0.340. The number of carbonyl (C=O) groups is 1. The summed E-state index contributed by atoms with van der Waals surface area (Å²) < 4.78 is 7.09. The molecule has 8 heteroatoms. The lowest BCUT2D eigenvalue weighted by Crippen LogP contribution is -2.30. The fourth-order valence-corrected chi connectivity index (χ4v) is 4.45. The van der Waals surface area contributed by atoms with Crippen LogP contribution in [0.3, 0.4) is 0 Å². The molecular formula is C22H16N4O3S. The second-order valence-corrected chi connectivity index (χ2v) is 7.72. The van der Waals surface area contributed by atoms with Crippen LogP contribution in [-0.2, 0) is 4.79 Å². The molecule has 0 bridgehead atoms. The van der Waals surface area contributed by atoms with Crippen LogP contribution in [-0.4, -0.2) is 34.2 Å². The van der Waals surface area contributed by atoms with E-state index in [0.29, 0.717) is 33.2 Å². The number of fused-ring (bicyclic) bond motifs is 2. The predicted molar refractivity (Wildman–Crippen MR) is 116 cm³/mol. The number of benzene rings is 2. The number of ether oxygens (including phenoxy) is 1. The van der Waals surface area contributed by atoms with Gasteiger partial charge < -0.3 is 9.64 Å². The number of thiazole rings is 1. The summed E-state index contributed by atoms with van der Waals surface area (Å²) in [6.45, 7) is 4.05. The van der Waals surface area contributed by atoms with E-state index in [1.54, 1.807) is 18.0 Å². The Balaban J connectivity index is 1.60. The molecule has 1 amide bonds. The number of anilines is 1. The van der Waals surface area contributed by atoms with Gasteiger partial charge in [-0.05, 0) is 30.3 Å². The number of aromatic nitrogens is 3. The van der Waals surface area contributed by atoms with E-state index in [9.17, 15) is 9.59 Å². The lowest BCUT2D eigenvalue weighted by Gasteiger charge is -2.07. The van der Waals surface area contributed by atoms with Gasteiger partial charge in [0.2, 0.25) is 4.96 Å². The summed E-state index contributed by atoms with van der Waals surface area (Å²) in [5.74, 6) is 0.957. The van der Waals surface area contributed by atoms with Gasteiger partial charge in [-0.2, -0.15) is 9.50 Å². The van der Waals surface area contributed by atoms with Crippen molar-refractivity contribution in [2.75, 3.05) is 18.6 Å². The van der Waals surface area contributed by atoms with Crippen molar-refractivity contribution in [3.05, 3.63) is 81.6 Å². The van der Waals surface area contributed by atoms with E-state index in [4.69, 9.17) is 4.74 Å². The Morgan fingerprint density at radius 2 is 1.90 bits per heavy atom. The molecule has 4 aromatic rings. The van der Waals surface area contributed by atoms with Crippen LogP contribution in [0.1, 0.15) is 5.56 Å². The molecule has 3 heterocycles. The lowest BCUT2D eigenvalue weighted by molar-refractivity contribution is -0.112. The summed E-state index contributed by atoms with van der Waals surface area (Å²) in [5, 5.41) is 4.37. The molecule has 30 heavy (non-hydrogen) atoms. The Bertz CT molecular complexity index is 1420. The standard InChI is InChI=1S/C22H16N4O3S/c1-3-12-29-14-10-8-13(9-11-14)19-23-22-26(24-19)21(28)18(30-22)17-15-6-4-5-7-16(15)25(2)20(17)27/h3-11H,1,12H2,2H3. The number of hydrogen-bond acceptors (Lipinski definition) is 6. The average Bonchev–Trinajstić information content (AvgIpc) is 3.39. The molecule has 1 aliphatic rings. The third kappa shape index (κ3) is 2.73. The molecule has 0 N–H and O–H groups in total. The van der Waals surface area contributed by atoms with E-state index < -0.39 is 0 Å². The van der Waals surface area contributed by atoms with Crippen LogP contribution in [0.5, 0.6) is 5.75 Å². The zero-order chi connectivity index (χ0) is 20.8. The molecule has 0 saturated heterocycles. The third-order valence-corrected chi connectivity index (χ3v) is 5.95. The summed E-state index contributed by atoms with van der Waals surface area (Å²) in [6.07, 6.45) is 1.68. The number of carbonyl (C=O) groups excluding carboxylic acids is 1. The van der Waals surface area contributed by atoms with Crippen molar-refractivity contribution in [2.24, 2.45) is 0 Å². The summed E-state index contributed by atoms with van der Waals surface area (Å²) in [6, 6.07) is 14.7. The summed E-state index contributed by atoms with van der Waals surface area (Å²) in [4.78, 5) is 32.4. The quantitative estimate of drug-likeness (QED) is 0.477. The maximum Gasteiger partial charge on any atom is 0.291 e. The zero-order valence-corrected chi connectivity index (χ0v) is 16.8. The van der Waals surface area contributed by atoms with Crippen molar-refractivity contribution in [1.82, 2.24) is 14.6 Å². The average molecular weight is 416 g/mol. The maximum atomic E-state index is 13.0. The lowest BCUT2D eigenvalue weighted by atomic mass is 10.1. The van der Waals surface area contributed by atoms with Gasteiger partial charge >= 0.3 is 0 Å². The molecule has 0 radical (unpaired) electrons. The molecule has 0 unspecified atom stereocenters. The highest BCUT2D eigenvalue weighted by Crippen LogP contribution is 2.33. The van der Waals surface area contributed by atoms with Crippen LogP contribution >= 0.6 is 11.3 Å². The van der Waals surface area contributed by atoms with Crippen molar-refractivity contribution >= 4 is 33.5 Å². The van der Waals surface area contributed by atoms with Crippen molar-refractivity contribution < 1.29 is 9.53 Å². The normalized spacial score (nSPS) is 15.0. The van der Waals surface area contributed by atoms with Gasteiger partial charge in [0.1, 0.15) is 16.9 Å². The Kier molecular flexibility index (Phi) is 4.22. The molecule has 148 valence electrons. The Morgan fingerprint density at radius 1 is 1.13 bits per heavy atom. The molecule has 0 fully saturated rings. The summed E-state index contributed by atoms with van der Waals surface area (Å²) in [7, 11) is 1.70. The number of nitrogens with zero attached hydrogens (tertiary/aromatic N) is 4. The van der Waals surface area contributed by atoms with Crippen LogP contribution in [0.25, 0.3) is 21.9 Å². The van der Waals surface area contributed by atoms with E-state index in [0.717, 1.165) is 16.8 Å². The number of hydrogen-bond donors (Lipinski definition) is 0. The molecular weight excluding hydrogens is 400 g/mol. The first-order valence-corrected chi connectivity index (χ1v) is 10.1. The molecule has 7 nitrogen and oxygen atoms in total.